The van der Waals surface area contributed by atoms with E-state index in [1.165, 1.54) is 17.1 Å². The van der Waals surface area contributed by atoms with E-state index in [1.54, 1.807) is 36.4 Å². The second-order valence-electron chi connectivity index (χ2n) is 5.41. The van der Waals surface area contributed by atoms with E-state index in [9.17, 15) is 9.59 Å². The van der Waals surface area contributed by atoms with E-state index in [4.69, 9.17) is 23.2 Å². The van der Waals surface area contributed by atoms with Gasteiger partial charge in [-0.05, 0) is 40.8 Å². The number of nitrogens with one attached hydrogen (secondary N) is 2. The highest BCUT2D eigenvalue weighted by atomic mass is 35.5. The quantitative estimate of drug-likeness (QED) is 0.612. The molecule has 0 aliphatic heterocycles. The molecule has 2 amide bonds. The van der Waals surface area contributed by atoms with Crippen LogP contribution in [-0.2, 0) is 0 Å². The van der Waals surface area contributed by atoms with Crippen LogP contribution in [-0.4, -0.2) is 45.1 Å². The van der Waals surface area contributed by atoms with Gasteiger partial charge in [-0.1, -0.05) is 35.3 Å². The third kappa shape index (κ3) is 4.60. The van der Waals surface area contributed by atoms with Gasteiger partial charge < -0.3 is 10.6 Å². The van der Waals surface area contributed by atoms with Gasteiger partial charge in [0.05, 0.1) is 21.3 Å². The van der Waals surface area contributed by atoms with Gasteiger partial charge in [0.2, 0.25) is 0 Å². The predicted molar refractivity (Wildman–Crippen MR) is 100 cm³/mol. The minimum absolute atomic E-state index is 0.246. The SMILES string of the molecule is O=C(NCCNC(=O)c1ccccc1-n1cnnn1)c1ccc(Cl)c(Cl)c1. The lowest BCUT2D eigenvalue weighted by molar-refractivity contribution is 0.0927. The Kier molecular flexibility index (Phi) is 6.00. The molecule has 0 spiro atoms. The van der Waals surface area contributed by atoms with Crippen molar-refractivity contribution in [3.8, 4) is 5.69 Å². The van der Waals surface area contributed by atoms with Crippen LogP contribution in [0.3, 0.4) is 0 Å². The highest BCUT2D eigenvalue weighted by Gasteiger charge is 2.13. The number of aromatic nitrogens is 4. The molecule has 2 aromatic carbocycles. The van der Waals surface area contributed by atoms with E-state index in [0.29, 0.717) is 26.9 Å². The first-order chi connectivity index (χ1) is 13.1. The Labute approximate surface area is 164 Å². The number of carbonyl (C=O) groups is 2. The summed E-state index contributed by atoms with van der Waals surface area (Å²) in [5.41, 5.74) is 1.36. The minimum Gasteiger partial charge on any atom is -0.350 e. The van der Waals surface area contributed by atoms with Crippen LogP contribution in [0, 0.1) is 0 Å². The number of amides is 2. The topological polar surface area (TPSA) is 102 Å². The normalized spacial score (nSPS) is 10.4. The third-order valence-electron chi connectivity index (χ3n) is 3.62. The van der Waals surface area contributed by atoms with Crippen LogP contribution in [0.2, 0.25) is 10.0 Å². The summed E-state index contributed by atoms with van der Waals surface area (Å²) in [7, 11) is 0. The zero-order chi connectivity index (χ0) is 19.2. The minimum atomic E-state index is -0.308. The molecule has 0 saturated carbocycles. The summed E-state index contributed by atoms with van der Waals surface area (Å²) >= 11 is 11.7. The molecule has 0 radical (unpaired) electrons. The molecular weight excluding hydrogens is 391 g/mol. The molecule has 3 aromatic rings. The van der Waals surface area contributed by atoms with Crippen molar-refractivity contribution in [2.45, 2.75) is 0 Å². The number of hydrogen-bond acceptors (Lipinski definition) is 5. The van der Waals surface area contributed by atoms with Crippen molar-refractivity contribution in [2.75, 3.05) is 13.1 Å². The Hall–Kier alpha value is -2.97. The Morgan fingerprint density at radius 1 is 0.963 bits per heavy atom. The van der Waals surface area contributed by atoms with Crippen LogP contribution in [0.4, 0.5) is 0 Å². The molecular formula is C17H14Cl2N6O2. The van der Waals surface area contributed by atoms with Crippen molar-refractivity contribution in [2.24, 2.45) is 0 Å². The number of benzene rings is 2. The van der Waals surface area contributed by atoms with Gasteiger partial charge in [0.1, 0.15) is 6.33 Å². The lowest BCUT2D eigenvalue weighted by Gasteiger charge is -2.10. The number of tetrazole rings is 1. The summed E-state index contributed by atoms with van der Waals surface area (Å²) in [6.07, 6.45) is 1.41. The summed E-state index contributed by atoms with van der Waals surface area (Å²) in [5.74, 6) is -0.609. The number of nitrogens with zero attached hydrogens (tertiary/aromatic N) is 4. The average Bonchev–Trinajstić information content (AvgIpc) is 3.21. The number of halogens is 2. The highest BCUT2D eigenvalue weighted by molar-refractivity contribution is 6.42. The lowest BCUT2D eigenvalue weighted by Crippen LogP contribution is -2.35. The molecule has 10 heteroatoms. The summed E-state index contributed by atoms with van der Waals surface area (Å²) in [6.45, 7) is 0.494. The number of carbonyl (C=O) groups excluding carboxylic acids is 2. The fourth-order valence-corrected chi connectivity index (χ4v) is 2.62. The first-order valence-electron chi connectivity index (χ1n) is 7.90. The molecule has 0 saturated heterocycles. The second-order valence-corrected chi connectivity index (χ2v) is 6.23. The van der Waals surface area contributed by atoms with E-state index >= 15 is 0 Å². The van der Waals surface area contributed by atoms with Crippen LogP contribution < -0.4 is 10.6 Å². The van der Waals surface area contributed by atoms with Crippen LogP contribution >= 0.6 is 23.2 Å². The molecule has 2 N–H and O–H groups in total. The predicted octanol–water partition coefficient (Wildman–Crippen LogP) is 2.13. The van der Waals surface area contributed by atoms with E-state index in [2.05, 4.69) is 26.2 Å². The van der Waals surface area contributed by atoms with Gasteiger partial charge in [-0.25, -0.2) is 0 Å². The van der Waals surface area contributed by atoms with Crippen LogP contribution in [0.5, 0.6) is 0 Å². The molecule has 1 heterocycles. The van der Waals surface area contributed by atoms with Crippen molar-refractivity contribution < 1.29 is 9.59 Å². The lowest BCUT2D eigenvalue weighted by atomic mass is 10.1. The zero-order valence-corrected chi connectivity index (χ0v) is 15.4. The number of para-hydroxylation sites is 1. The van der Waals surface area contributed by atoms with Gasteiger partial charge in [-0.15, -0.1) is 5.10 Å². The maximum atomic E-state index is 12.4. The summed E-state index contributed by atoms with van der Waals surface area (Å²) in [6, 6.07) is 11.5. The summed E-state index contributed by atoms with van der Waals surface area (Å²) in [4.78, 5) is 24.5. The maximum absolute atomic E-state index is 12.4. The fraction of sp³-hybridized carbons (Fsp3) is 0.118. The van der Waals surface area contributed by atoms with Gasteiger partial charge in [-0.3, -0.25) is 9.59 Å². The van der Waals surface area contributed by atoms with Gasteiger partial charge in [0.15, 0.2) is 0 Å². The van der Waals surface area contributed by atoms with Gasteiger partial charge in [-0.2, -0.15) is 4.68 Å². The standard InChI is InChI=1S/C17H14Cl2N6O2/c18-13-6-5-11(9-14(13)19)16(26)20-7-8-21-17(27)12-3-1-2-4-15(12)25-10-22-23-24-25/h1-6,9-10H,7-8H2,(H,20,26)(H,21,27). The van der Waals surface area contributed by atoms with Crippen molar-refractivity contribution in [3.05, 3.63) is 70.0 Å². The average molecular weight is 405 g/mol. The highest BCUT2D eigenvalue weighted by Crippen LogP contribution is 2.22. The van der Waals surface area contributed by atoms with Crippen molar-refractivity contribution in [1.29, 1.82) is 0 Å². The molecule has 138 valence electrons. The molecule has 0 fully saturated rings. The monoisotopic (exact) mass is 404 g/mol. The first kappa shape index (κ1) is 18.8. The smallest absolute Gasteiger partial charge is 0.253 e. The number of rotatable bonds is 6. The fourth-order valence-electron chi connectivity index (χ4n) is 2.32. The van der Waals surface area contributed by atoms with Crippen molar-refractivity contribution >= 4 is 35.0 Å². The van der Waals surface area contributed by atoms with Crippen LogP contribution in [0.1, 0.15) is 20.7 Å². The van der Waals surface area contributed by atoms with Crippen LogP contribution in [0.25, 0.3) is 5.69 Å². The first-order valence-corrected chi connectivity index (χ1v) is 8.65. The van der Waals surface area contributed by atoms with E-state index < -0.39 is 0 Å². The maximum Gasteiger partial charge on any atom is 0.253 e. The van der Waals surface area contributed by atoms with E-state index in [-0.39, 0.29) is 24.9 Å². The summed E-state index contributed by atoms with van der Waals surface area (Å²) in [5, 5.41) is 17.1. The zero-order valence-electron chi connectivity index (χ0n) is 13.9. The van der Waals surface area contributed by atoms with Crippen LogP contribution in [0.15, 0.2) is 48.8 Å². The summed E-state index contributed by atoms with van der Waals surface area (Å²) < 4.78 is 1.40. The third-order valence-corrected chi connectivity index (χ3v) is 4.36. The Bertz CT molecular complexity index is 962. The molecule has 1 aromatic heterocycles. The van der Waals surface area contributed by atoms with Crippen molar-refractivity contribution in [1.82, 2.24) is 30.8 Å². The van der Waals surface area contributed by atoms with Gasteiger partial charge >= 0.3 is 0 Å². The number of hydrogen-bond donors (Lipinski definition) is 2. The molecule has 0 atom stereocenters. The Morgan fingerprint density at radius 2 is 1.70 bits per heavy atom. The van der Waals surface area contributed by atoms with E-state index in [0.717, 1.165) is 0 Å². The Balaban J connectivity index is 1.55. The van der Waals surface area contributed by atoms with Gasteiger partial charge in [0.25, 0.3) is 11.8 Å². The molecule has 0 aliphatic rings. The van der Waals surface area contributed by atoms with E-state index in [1.807, 2.05) is 0 Å². The molecule has 0 unspecified atom stereocenters. The molecule has 8 nitrogen and oxygen atoms in total. The largest absolute Gasteiger partial charge is 0.350 e. The molecule has 0 aliphatic carbocycles. The Morgan fingerprint density at radius 3 is 2.41 bits per heavy atom. The molecule has 0 bridgehead atoms. The molecule has 3 rings (SSSR count). The van der Waals surface area contributed by atoms with Gasteiger partial charge in [0, 0.05) is 18.7 Å². The van der Waals surface area contributed by atoms with Crippen molar-refractivity contribution in [3.63, 3.8) is 0 Å². The molecule has 27 heavy (non-hydrogen) atoms. The second kappa shape index (κ2) is 8.61.